The zero-order chi connectivity index (χ0) is 11.0. The van der Waals surface area contributed by atoms with Crippen LogP contribution in [0, 0.1) is 24.0 Å². The zero-order valence-corrected chi connectivity index (χ0v) is 8.57. The summed E-state index contributed by atoms with van der Waals surface area (Å²) in [6.07, 6.45) is 0. The largest absolute Gasteiger partial charge is 0.486 e. The minimum Gasteiger partial charge on any atom is -0.486 e. The van der Waals surface area contributed by atoms with Crippen molar-refractivity contribution in [1.82, 2.24) is 0 Å². The second-order valence-corrected chi connectivity index (χ2v) is 3.45. The van der Waals surface area contributed by atoms with Crippen LogP contribution in [0.5, 0.6) is 11.5 Å². The van der Waals surface area contributed by atoms with Crippen LogP contribution in [0.25, 0.3) is 0 Å². The van der Waals surface area contributed by atoms with E-state index >= 15 is 0 Å². The van der Waals surface area contributed by atoms with Crippen LogP contribution in [0.1, 0.15) is 11.1 Å². The summed E-state index contributed by atoms with van der Waals surface area (Å²) in [6, 6.07) is 1.77. The Morgan fingerprint density at radius 2 is 2.00 bits per heavy atom. The summed E-state index contributed by atoms with van der Waals surface area (Å²) in [4.78, 5) is 10.5. The predicted molar refractivity (Wildman–Crippen MR) is 53.6 cm³/mol. The molecule has 1 aromatic rings. The molecule has 15 heavy (non-hydrogen) atoms. The smallest absolute Gasteiger partial charge is 0.318 e. The van der Waals surface area contributed by atoms with Crippen molar-refractivity contribution in [2.45, 2.75) is 13.8 Å². The number of ether oxygens (including phenoxy) is 2. The zero-order valence-electron chi connectivity index (χ0n) is 8.57. The van der Waals surface area contributed by atoms with Crippen LogP contribution in [-0.4, -0.2) is 18.1 Å². The van der Waals surface area contributed by atoms with E-state index in [2.05, 4.69) is 0 Å². The molecule has 0 bridgehead atoms. The van der Waals surface area contributed by atoms with Gasteiger partial charge in [0.1, 0.15) is 13.2 Å². The van der Waals surface area contributed by atoms with Crippen molar-refractivity contribution in [2.75, 3.05) is 13.2 Å². The van der Waals surface area contributed by atoms with Crippen LogP contribution >= 0.6 is 0 Å². The average Bonchev–Trinajstić information content (AvgIpc) is 2.19. The van der Waals surface area contributed by atoms with Gasteiger partial charge < -0.3 is 9.47 Å². The monoisotopic (exact) mass is 209 g/mol. The first kappa shape index (κ1) is 9.76. The molecular formula is C10H11NO4. The Morgan fingerprint density at radius 3 is 2.67 bits per heavy atom. The number of nitrogens with zero attached hydrogens (tertiary/aromatic N) is 1. The Bertz CT molecular complexity index is 428. The second kappa shape index (κ2) is 3.42. The molecule has 1 aliphatic rings. The molecule has 80 valence electrons. The van der Waals surface area contributed by atoms with Gasteiger partial charge in [0.25, 0.3) is 0 Å². The fourth-order valence-corrected chi connectivity index (χ4v) is 1.61. The summed E-state index contributed by atoms with van der Waals surface area (Å²) >= 11 is 0. The molecule has 0 N–H and O–H groups in total. The number of hydrogen-bond acceptors (Lipinski definition) is 4. The SMILES string of the molecule is Cc1cc2c(c([N+](=O)[O-])c1C)OCCO2. The van der Waals surface area contributed by atoms with Crippen molar-refractivity contribution >= 4 is 5.69 Å². The molecule has 0 fully saturated rings. The first-order valence-corrected chi connectivity index (χ1v) is 4.65. The standard InChI is InChI=1S/C10H11NO4/c1-6-5-8-10(15-4-3-14-8)9(7(6)2)11(12)13/h5H,3-4H2,1-2H3. The third-order valence-electron chi connectivity index (χ3n) is 2.50. The van der Waals surface area contributed by atoms with Crippen molar-refractivity contribution in [3.8, 4) is 11.5 Å². The molecule has 0 amide bonds. The Labute approximate surface area is 86.8 Å². The van der Waals surface area contributed by atoms with E-state index in [0.717, 1.165) is 5.56 Å². The summed E-state index contributed by atoms with van der Waals surface area (Å²) in [6.45, 7) is 4.33. The van der Waals surface area contributed by atoms with Gasteiger partial charge in [-0.3, -0.25) is 10.1 Å². The van der Waals surface area contributed by atoms with E-state index in [1.165, 1.54) is 0 Å². The minimum atomic E-state index is -0.421. The molecule has 0 aliphatic carbocycles. The first-order chi connectivity index (χ1) is 7.11. The molecule has 1 aliphatic heterocycles. The van der Waals surface area contributed by atoms with E-state index in [9.17, 15) is 10.1 Å². The molecule has 0 atom stereocenters. The molecule has 0 saturated carbocycles. The highest BCUT2D eigenvalue weighted by atomic mass is 16.6. The minimum absolute atomic E-state index is 0.0182. The number of fused-ring (bicyclic) bond motifs is 1. The third-order valence-corrected chi connectivity index (χ3v) is 2.50. The molecule has 1 heterocycles. The molecule has 5 nitrogen and oxygen atoms in total. The molecule has 0 spiro atoms. The van der Waals surface area contributed by atoms with Crippen LogP contribution in [-0.2, 0) is 0 Å². The van der Waals surface area contributed by atoms with Crippen molar-refractivity contribution in [2.24, 2.45) is 0 Å². The van der Waals surface area contributed by atoms with Crippen molar-refractivity contribution in [3.63, 3.8) is 0 Å². The Kier molecular flexibility index (Phi) is 2.22. The molecule has 0 radical (unpaired) electrons. The number of hydrogen-bond donors (Lipinski definition) is 0. The van der Waals surface area contributed by atoms with Gasteiger partial charge in [0.15, 0.2) is 5.75 Å². The molecule has 0 aromatic heterocycles. The molecule has 2 rings (SSSR count). The first-order valence-electron chi connectivity index (χ1n) is 4.65. The highest BCUT2D eigenvalue weighted by Gasteiger charge is 2.27. The quantitative estimate of drug-likeness (QED) is 0.524. The van der Waals surface area contributed by atoms with Crippen LogP contribution in [0.4, 0.5) is 5.69 Å². The van der Waals surface area contributed by atoms with Gasteiger partial charge in [-0.25, -0.2) is 0 Å². The number of nitro groups is 1. The van der Waals surface area contributed by atoms with Gasteiger partial charge in [0.2, 0.25) is 5.75 Å². The lowest BCUT2D eigenvalue weighted by Crippen LogP contribution is -2.17. The molecule has 0 saturated heterocycles. The summed E-state index contributed by atoms with van der Waals surface area (Å²) < 4.78 is 10.6. The van der Waals surface area contributed by atoms with Crippen molar-refractivity contribution in [3.05, 3.63) is 27.3 Å². The number of aryl methyl sites for hydroxylation is 1. The molecule has 1 aromatic carbocycles. The maximum Gasteiger partial charge on any atom is 0.318 e. The van der Waals surface area contributed by atoms with Gasteiger partial charge in [-0.15, -0.1) is 0 Å². The second-order valence-electron chi connectivity index (χ2n) is 3.45. The maximum atomic E-state index is 10.9. The Hall–Kier alpha value is -1.78. The predicted octanol–water partition coefficient (Wildman–Crippen LogP) is 1.98. The van der Waals surface area contributed by atoms with Gasteiger partial charge >= 0.3 is 5.69 Å². The summed E-state index contributed by atoms with van der Waals surface area (Å²) in [5.41, 5.74) is 1.49. The van der Waals surface area contributed by atoms with Gasteiger partial charge in [-0.1, -0.05) is 0 Å². The van der Waals surface area contributed by atoms with Gasteiger partial charge in [0.05, 0.1) is 4.92 Å². The van der Waals surface area contributed by atoms with Crippen LogP contribution in [0.15, 0.2) is 6.07 Å². The average molecular weight is 209 g/mol. The van der Waals surface area contributed by atoms with E-state index in [-0.39, 0.29) is 11.4 Å². The van der Waals surface area contributed by atoms with Gasteiger partial charge in [0, 0.05) is 5.56 Å². The van der Waals surface area contributed by atoms with Crippen LogP contribution in [0.3, 0.4) is 0 Å². The lowest BCUT2D eigenvalue weighted by Gasteiger charge is -2.19. The lowest BCUT2D eigenvalue weighted by molar-refractivity contribution is -0.386. The fourth-order valence-electron chi connectivity index (χ4n) is 1.61. The topological polar surface area (TPSA) is 61.6 Å². The van der Waals surface area contributed by atoms with E-state index in [4.69, 9.17) is 9.47 Å². The third kappa shape index (κ3) is 1.49. The Balaban J connectivity index is 2.68. The normalized spacial score (nSPS) is 13.7. The van der Waals surface area contributed by atoms with E-state index in [0.29, 0.717) is 24.5 Å². The van der Waals surface area contributed by atoms with Crippen LogP contribution < -0.4 is 9.47 Å². The number of nitro benzene ring substituents is 1. The van der Waals surface area contributed by atoms with E-state index in [1.54, 1.807) is 13.0 Å². The lowest BCUT2D eigenvalue weighted by atomic mass is 10.1. The van der Waals surface area contributed by atoms with Crippen LogP contribution in [0.2, 0.25) is 0 Å². The number of benzene rings is 1. The number of rotatable bonds is 1. The molecule has 0 unspecified atom stereocenters. The van der Waals surface area contributed by atoms with Crippen molar-refractivity contribution in [1.29, 1.82) is 0 Å². The van der Waals surface area contributed by atoms with E-state index in [1.807, 2.05) is 6.92 Å². The Morgan fingerprint density at radius 1 is 1.33 bits per heavy atom. The molecular weight excluding hydrogens is 198 g/mol. The highest BCUT2D eigenvalue weighted by Crippen LogP contribution is 2.42. The summed E-state index contributed by atoms with van der Waals surface area (Å²) in [5.74, 6) is 0.727. The van der Waals surface area contributed by atoms with Gasteiger partial charge in [-0.2, -0.15) is 0 Å². The summed E-state index contributed by atoms with van der Waals surface area (Å²) in [7, 11) is 0. The highest BCUT2D eigenvalue weighted by molar-refractivity contribution is 5.63. The maximum absolute atomic E-state index is 10.9. The van der Waals surface area contributed by atoms with Crippen molar-refractivity contribution < 1.29 is 14.4 Å². The summed E-state index contributed by atoms with van der Waals surface area (Å²) in [5, 5.41) is 10.9. The molecule has 5 heteroatoms. The van der Waals surface area contributed by atoms with Gasteiger partial charge in [-0.05, 0) is 25.5 Å². The fraction of sp³-hybridized carbons (Fsp3) is 0.400. The van der Waals surface area contributed by atoms with E-state index < -0.39 is 4.92 Å².